The molecule has 15 heteroatoms. The van der Waals surface area contributed by atoms with Gasteiger partial charge in [0.15, 0.2) is 0 Å². The van der Waals surface area contributed by atoms with Crippen molar-refractivity contribution in [1.29, 1.82) is 0 Å². The van der Waals surface area contributed by atoms with Crippen LogP contribution in [-0.2, 0) is 19.7 Å². The monoisotopic (exact) mass is 676 g/mol. The number of benzene rings is 2. The highest BCUT2D eigenvalue weighted by atomic mass is 32.2. The van der Waals surface area contributed by atoms with Gasteiger partial charge in [0.1, 0.15) is 22.8 Å². The van der Waals surface area contributed by atoms with Crippen molar-refractivity contribution in [2.24, 2.45) is 5.92 Å². The Balaban J connectivity index is 1.28. The third-order valence-electron chi connectivity index (χ3n) is 8.25. The van der Waals surface area contributed by atoms with Crippen LogP contribution in [0.4, 0.5) is 17.6 Å². The predicted octanol–water partition coefficient (Wildman–Crippen LogP) is 5.01. The highest BCUT2D eigenvalue weighted by molar-refractivity contribution is 7.88. The highest BCUT2D eigenvalue weighted by Crippen LogP contribution is 2.35. The summed E-state index contributed by atoms with van der Waals surface area (Å²) in [7, 11) is -5.92. The molecular weight excluding hydrogens is 644 g/mol. The summed E-state index contributed by atoms with van der Waals surface area (Å²) in [6.45, 7) is 2.97. The van der Waals surface area contributed by atoms with Crippen molar-refractivity contribution in [3.8, 4) is 5.75 Å². The van der Waals surface area contributed by atoms with Crippen LogP contribution >= 0.6 is 0 Å². The summed E-state index contributed by atoms with van der Waals surface area (Å²) in [6.07, 6.45) is 6.47. The zero-order valence-corrected chi connectivity index (χ0v) is 26.3. The normalized spacial score (nSPS) is 19.1. The van der Waals surface area contributed by atoms with E-state index in [0.29, 0.717) is 40.8 Å². The molecule has 2 fully saturated rings. The number of alkyl halides is 3. The number of aromatic nitrogens is 1. The van der Waals surface area contributed by atoms with E-state index >= 15 is 0 Å². The number of hydrogen-bond acceptors (Lipinski definition) is 7. The molecule has 3 amide bonds. The minimum atomic E-state index is -5.92. The molecule has 0 radical (unpaired) electrons. The Kier molecular flexibility index (Phi) is 9.31. The van der Waals surface area contributed by atoms with E-state index < -0.39 is 63.0 Å². The van der Waals surface area contributed by atoms with Gasteiger partial charge in [-0.1, -0.05) is 24.3 Å². The molecule has 1 aromatic heterocycles. The topological polar surface area (TPSA) is 135 Å². The molecule has 5 rings (SSSR count). The molecule has 1 aliphatic carbocycles. The van der Waals surface area contributed by atoms with Gasteiger partial charge < -0.3 is 19.7 Å². The minimum Gasteiger partial charge on any atom is -0.376 e. The Hall–Kier alpha value is -4.53. The number of allylic oxidation sites excluding steroid dienone is 1. The van der Waals surface area contributed by atoms with Gasteiger partial charge in [-0.15, -0.1) is 0 Å². The van der Waals surface area contributed by atoms with Crippen LogP contribution < -0.4 is 14.8 Å². The number of carbonyl (C=O) groups excluding carboxylic acids is 3. The second kappa shape index (κ2) is 12.9. The molecule has 250 valence electrons. The lowest BCUT2D eigenvalue weighted by molar-refractivity contribution is -0.143. The van der Waals surface area contributed by atoms with Crippen LogP contribution in [0, 0.1) is 11.7 Å². The first-order chi connectivity index (χ1) is 22.1. The summed E-state index contributed by atoms with van der Waals surface area (Å²) in [6, 6.07) is 9.69. The molecule has 2 aliphatic rings. The van der Waals surface area contributed by atoms with Gasteiger partial charge in [-0.3, -0.25) is 14.4 Å². The van der Waals surface area contributed by atoms with Crippen molar-refractivity contribution >= 4 is 44.8 Å². The van der Waals surface area contributed by atoms with Crippen LogP contribution in [0.2, 0.25) is 0 Å². The Bertz CT molecular complexity index is 1860. The molecule has 1 aliphatic heterocycles. The number of amides is 3. The average molecular weight is 677 g/mol. The summed E-state index contributed by atoms with van der Waals surface area (Å²) in [4.78, 5) is 45.3. The summed E-state index contributed by atoms with van der Waals surface area (Å²) in [5.41, 5.74) is -5.68. The first-order valence-corrected chi connectivity index (χ1v) is 16.3. The van der Waals surface area contributed by atoms with Gasteiger partial charge in [-0.2, -0.15) is 21.6 Å². The van der Waals surface area contributed by atoms with Crippen LogP contribution in [0.3, 0.4) is 0 Å². The van der Waals surface area contributed by atoms with Crippen molar-refractivity contribution in [1.82, 2.24) is 20.5 Å². The van der Waals surface area contributed by atoms with Crippen LogP contribution in [0.1, 0.15) is 67.2 Å². The standard InChI is InChI=1S/C32H32F4N4O6S/c1-19(25-17-24(46-47(44,45)32(34,35)36)11-8-21(25)7-6-20-4-5-20)38-30(43)31(2)14-3-15-40(31)28(41)18-37-29(42)27-12-9-22-16-23(33)10-13-26(22)39-27/h6-13,16-17,19-20H,3-5,14-15,18H2,1-2H3,(H,37,42)(H,38,43)/b7-6+/t19-,31-/m0/s1. The number of halogens is 4. The van der Waals surface area contributed by atoms with Crippen molar-refractivity contribution in [2.75, 3.05) is 13.1 Å². The van der Waals surface area contributed by atoms with Crippen LogP contribution in [0.5, 0.6) is 5.75 Å². The van der Waals surface area contributed by atoms with E-state index in [-0.39, 0.29) is 12.2 Å². The largest absolute Gasteiger partial charge is 0.534 e. The Morgan fingerprint density at radius 2 is 1.87 bits per heavy atom. The van der Waals surface area contributed by atoms with Gasteiger partial charge in [-0.25, -0.2) is 9.37 Å². The molecule has 47 heavy (non-hydrogen) atoms. The summed E-state index contributed by atoms with van der Waals surface area (Å²) >= 11 is 0. The smallest absolute Gasteiger partial charge is 0.376 e. The number of nitrogens with zero attached hydrogens (tertiary/aromatic N) is 2. The number of fused-ring (bicyclic) bond motifs is 1. The Morgan fingerprint density at radius 1 is 1.13 bits per heavy atom. The lowest BCUT2D eigenvalue weighted by atomic mass is 9.95. The molecule has 1 saturated carbocycles. The number of pyridine rings is 1. The van der Waals surface area contributed by atoms with Crippen LogP contribution in [0.15, 0.2) is 54.6 Å². The van der Waals surface area contributed by atoms with E-state index in [1.54, 1.807) is 19.9 Å². The average Bonchev–Trinajstić information content (AvgIpc) is 3.76. The van der Waals surface area contributed by atoms with Gasteiger partial charge in [0.2, 0.25) is 11.8 Å². The molecule has 3 aromatic rings. The van der Waals surface area contributed by atoms with E-state index in [4.69, 9.17) is 0 Å². The van der Waals surface area contributed by atoms with Crippen LogP contribution in [-0.4, -0.2) is 60.2 Å². The molecule has 0 unspecified atom stereocenters. The van der Waals surface area contributed by atoms with Crippen molar-refractivity contribution in [3.05, 3.63) is 77.2 Å². The summed E-state index contributed by atoms with van der Waals surface area (Å²) in [5, 5.41) is 5.84. The maximum atomic E-state index is 13.7. The number of carbonyl (C=O) groups is 3. The molecular formula is C32H32F4N4O6S. The minimum absolute atomic E-state index is 0.0217. The van der Waals surface area contributed by atoms with Gasteiger partial charge >= 0.3 is 15.6 Å². The number of likely N-dealkylation sites (tertiary alicyclic amines) is 1. The molecule has 2 N–H and O–H groups in total. The van der Waals surface area contributed by atoms with E-state index in [2.05, 4.69) is 19.8 Å². The maximum absolute atomic E-state index is 13.7. The molecule has 1 saturated heterocycles. The lowest BCUT2D eigenvalue weighted by Crippen LogP contribution is -2.57. The van der Waals surface area contributed by atoms with E-state index in [0.717, 1.165) is 25.0 Å². The summed E-state index contributed by atoms with van der Waals surface area (Å²) in [5.74, 6) is -2.37. The van der Waals surface area contributed by atoms with E-state index in [1.165, 1.54) is 41.3 Å². The molecule has 0 spiro atoms. The third-order valence-corrected chi connectivity index (χ3v) is 9.23. The predicted molar refractivity (Wildman–Crippen MR) is 164 cm³/mol. The highest BCUT2D eigenvalue weighted by Gasteiger charge is 2.49. The van der Waals surface area contributed by atoms with Crippen molar-refractivity contribution < 1.29 is 44.5 Å². The van der Waals surface area contributed by atoms with Crippen molar-refractivity contribution in [3.63, 3.8) is 0 Å². The fourth-order valence-corrected chi connectivity index (χ4v) is 5.88. The van der Waals surface area contributed by atoms with E-state index in [1.807, 2.05) is 6.08 Å². The number of hydrogen-bond donors (Lipinski definition) is 2. The van der Waals surface area contributed by atoms with Gasteiger partial charge in [0.25, 0.3) is 5.91 Å². The summed E-state index contributed by atoms with van der Waals surface area (Å²) < 4.78 is 80.0. The molecule has 0 bridgehead atoms. The quantitative estimate of drug-likeness (QED) is 0.175. The molecule has 10 nitrogen and oxygen atoms in total. The molecule has 2 aromatic carbocycles. The fourth-order valence-electron chi connectivity index (χ4n) is 5.43. The van der Waals surface area contributed by atoms with Gasteiger partial charge in [-0.05, 0) is 93.0 Å². The SMILES string of the molecule is C[C@H](NC(=O)[C@]1(C)CCCN1C(=O)CNC(=O)c1ccc2cc(F)ccc2n1)c1cc(OS(=O)(=O)C(F)(F)F)ccc1/C=C/C1CC1. The lowest BCUT2D eigenvalue weighted by Gasteiger charge is -2.35. The first kappa shape index (κ1) is 33.8. The van der Waals surface area contributed by atoms with E-state index in [9.17, 15) is 40.4 Å². The Labute approximate surface area is 268 Å². The first-order valence-electron chi connectivity index (χ1n) is 14.9. The van der Waals surface area contributed by atoms with Crippen LogP contribution in [0.25, 0.3) is 17.0 Å². The maximum Gasteiger partial charge on any atom is 0.534 e. The third kappa shape index (κ3) is 7.56. The Morgan fingerprint density at radius 3 is 2.57 bits per heavy atom. The molecule has 2 heterocycles. The number of rotatable bonds is 10. The van der Waals surface area contributed by atoms with Gasteiger partial charge in [0.05, 0.1) is 18.1 Å². The van der Waals surface area contributed by atoms with Crippen molar-refractivity contribution in [2.45, 2.75) is 56.6 Å². The molecule has 2 atom stereocenters. The number of nitrogens with one attached hydrogen (secondary N) is 2. The zero-order valence-electron chi connectivity index (χ0n) is 25.4. The zero-order chi connectivity index (χ0) is 34.1. The van der Waals surface area contributed by atoms with Gasteiger partial charge in [0, 0.05) is 11.9 Å². The second-order valence-corrected chi connectivity index (χ2v) is 13.3. The second-order valence-electron chi connectivity index (χ2n) is 11.8. The fraction of sp³-hybridized carbons (Fsp3) is 0.375.